The van der Waals surface area contributed by atoms with Crippen LogP contribution in [0.25, 0.3) is 0 Å². The Bertz CT molecular complexity index is 1940. The minimum atomic E-state index is -1.09. The molecule has 6 amide bonds. The number of carbonyl (C=O) groups excluding carboxylic acids is 6. The molecule has 2 heterocycles. The maximum atomic E-state index is 14.7. The zero-order valence-corrected chi connectivity index (χ0v) is 33.4. The Balaban J connectivity index is 1.46. The first-order valence-corrected chi connectivity index (χ1v) is 20.2. The van der Waals surface area contributed by atoms with E-state index in [-0.39, 0.29) is 58.0 Å². The molecule has 3 aromatic carbocycles. The van der Waals surface area contributed by atoms with Crippen molar-refractivity contribution in [3.8, 4) is 0 Å². The van der Waals surface area contributed by atoms with E-state index in [1.54, 1.807) is 29.2 Å². The number of nitrogens with two attached hydrogens (primary N) is 2. The van der Waals surface area contributed by atoms with E-state index in [0.29, 0.717) is 56.6 Å². The van der Waals surface area contributed by atoms with E-state index in [9.17, 15) is 28.8 Å². The minimum Gasteiger partial charge on any atom is -0.378 e. The Labute approximate surface area is 345 Å². The summed E-state index contributed by atoms with van der Waals surface area (Å²) in [5.74, 6) is -2.70. The first-order valence-electron chi connectivity index (χ1n) is 20.2. The molecule has 5 rings (SSSR count). The van der Waals surface area contributed by atoms with E-state index in [0.717, 1.165) is 22.8 Å². The number of rotatable bonds is 11. The first kappa shape index (κ1) is 44.2. The molecule has 0 spiro atoms. The summed E-state index contributed by atoms with van der Waals surface area (Å²) in [4.78, 5) is 83.7. The van der Waals surface area contributed by atoms with Gasteiger partial charge in [0.15, 0.2) is 0 Å². The van der Waals surface area contributed by atoms with Crippen LogP contribution in [0.4, 0.5) is 0 Å². The van der Waals surface area contributed by atoms with Gasteiger partial charge in [-0.3, -0.25) is 28.8 Å². The molecule has 0 saturated carbocycles. The third-order valence-corrected chi connectivity index (χ3v) is 10.6. The number of nitrogens with one attached hydrogen (secondary N) is 5. The lowest BCUT2D eigenvalue weighted by molar-refractivity contribution is -0.141. The molecule has 1 fully saturated rings. The molecule has 0 radical (unpaired) electrons. The molecule has 15 nitrogen and oxygen atoms in total. The number of hydrogen-bond acceptors (Lipinski definition) is 9. The number of fused-ring (bicyclic) bond motifs is 3. The van der Waals surface area contributed by atoms with Gasteiger partial charge in [-0.05, 0) is 53.5 Å². The lowest BCUT2D eigenvalue weighted by Gasteiger charge is -2.42. The molecule has 2 aliphatic rings. The van der Waals surface area contributed by atoms with Crippen LogP contribution in [0.1, 0.15) is 47.1 Å². The van der Waals surface area contributed by atoms with Crippen molar-refractivity contribution in [3.05, 3.63) is 119 Å². The number of nitrogens with zero attached hydrogens (tertiary/aromatic N) is 1. The Hall–Kier alpha value is -5.90. The summed E-state index contributed by atoms with van der Waals surface area (Å²) in [5, 5.41) is 14.3. The fourth-order valence-corrected chi connectivity index (χ4v) is 7.39. The number of ether oxygens (including phenoxy) is 1. The summed E-state index contributed by atoms with van der Waals surface area (Å²) in [7, 11) is 0. The van der Waals surface area contributed by atoms with E-state index in [2.05, 4.69) is 26.6 Å². The van der Waals surface area contributed by atoms with Gasteiger partial charge in [0.05, 0.1) is 25.0 Å². The predicted octanol–water partition coefficient (Wildman–Crippen LogP) is 0.535. The molecular formula is C44H56N8O7. The van der Waals surface area contributed by atoms with Crippen molar-refractivity contribution in [2.24, 2.45) is 16.9 Å². The standard InChI is InChI=1S/C44H56N8O7/c45-19-23-59-24-21-48-41(56)36-17-20-47-38(53)15-16-40(55)52-22-6-18-44(30-52,27-32-7-2-1-3-8-32)43(58)51-37(25-31-11-13-33(28-46)14-12-31)42(57)49-29-35-10-5-4-9-34(35)26-39(54)50-36/h1-5,7-16,36-37H,6,17-30,45-46H2,(H,47,53)(H,48,56)(H,49,57)(H,50,54)(H,51,58)/b16-15+/t36-,37-,44-/m0/s1. The molecule has 2 aliphatic heterocycles. The Morgan fingerprint density at radius 1 is 0.831 bits per heavy atom. The molecule has 3 atom stereocenters. The van der Waals surface area contributed by atoms with Crippen molar-refractivity contribution in [1.82, 2.24) is 31.5 Å². The Morgan fingerprint density at radius 3 is 2.31 bits per heavy atom. The molecule has 314 valence electrons. The zero-order chi connectivity index (χ0) is 42.0. The molecule has 9 N–H and O–H groups in total. The molecule has 59 heavy (non-hydrogen) atoms. The van der Waals surface area contributed by atoms with Gasteiger partial charge in [-0.1, -0.05) is 78.9 Å². The summed E-state index contributed by atoms with van der Waals surface area (Å²) >= 11 is 0. The highest BCUT2D eigenvalue weighted by molar-refractivity contribution is 5.97. The lowest BCUT2D eigenvalue weighted by Crippen LogP contribution is -2.58. The average Bonchev–Trinajstić information content (AvgIpc) is 3.24. The predicted molar refractivity (Wildman–Crippen MR) is 222 cm³/mol. The van der Waals surface area contributed by atoms with E-state index < -0.39 is 47.0 Å². The van der Waals surface area contributed by atoms with Crippen molar-refractivity contribution < 1.29 is 33.5 Å². The van der Waals surface area contributed by atoms with Crippen molar-refractivity contribution in [2.75, 3.05) is 45.9 Å². The van der Waals surface area contributed by atoms with Crippen molar-refractivity contribution in [1.29, 1.82) is 0 Å². The highest BCUT2D eigenvalue weighted by Gasteiger charge is 2.44. The van der Waals surface area contributed by atoms with Crippen molar-refractivity contribution in [2.45, 2.75) is 63.7 Å². The normalized spacial score (nSPS) is 21.7. The maximum Gasteiger partial charge on any atom is 0.246 e. The van der Waals surface area contributed by atoms with E-state index in [1.807, 2.05) is 54.6 Å². The summed E-state index contributed by atoms with van der Waals surface area (Å²) in [5.41, 5.74) is 14.2. The SMILES string of the molecule is NCCOCCNC(=O)[C@@H]1CCNC(=O)/C=C/C(=O)N2CCC[C@](Cc3ccccc3)(C2)C(=O)N[C@@H](Cc2ccc(CN)cc2)C(=O)NCc2ccccc2CC(=O)N1. The van der Waals surface area contributed by atoms with Crippen molar-refractivity contribution in [3.63, 3.8) is 0 Å². The summed E-state index contributed by atoms with van der Waals surface area (Å²) in [6.45, 7) is 1.97. The maximum absolute atomic E-state index is 14.7. The van der Waals surface area contributed by atoms with Gasteiger partial charge in [-0.25, -0.2) is 0 Å². The van der Waals surface area contributed by atoms with Gasteiger partial charge in [0.25, 0.3) is 0 Å². The smallest absolute Gasteiger partial charge is 0.246 e. The largest absolute Gasteiger partial charge is 0.378 e. The quantitative estimate of drug-likeness (QED) is 0.134. The number of benzene rings is 3. The molecular weight excluding hydrogens is 753 g/mol. The van der Waals surface area contributed by atoms with Gasteiger partial charge >= 0.3 is 0 Å². The van der Waals surface area contributed by atoms with Crippen LogP contribution in [-0.2, 0) is 65.9 Å². The van der Waals surface area contributed by atoms with Gasteiger partial charge in [0.1, 0.15) is 12.1 Å². The van der Waals surface area contributed by atoms with E-state index in [4.69, 9.17) is 16.2 Å². The second-order valence-electron chi connectivity index (χ2n) is 14.9. The number of carbonyl (C=O) groups is 6. The van der Waals surface area contributed by atoms with E-state index in [1.165, 1.54) is 6.08 Å². The van der Waals surface area contributed by atoms with Crippen LogP contribution in [-0.4, -0.2) is 98.4 Å². The molecule has 0 unspecified atom stereocenters. The van der Waals surface area contributed by atoms with Gasteiger partial charge in [-0.2, -0.15) is 0 Å². The van der Waals surface area contributed by atoms with Gasteiger partial charge in [0.2, 0.25) is 35.4 Å². The summed E-state index contributed by atoms with van der Waals surface area (Å²) < 4.78 is 5.35. The van der Waals surface area contributed by atoms with Gasteiger partial charge in [0, 0.05) is 64.4 Å². The summed E-state index contributed by atoms with van der Waals surface area (Å²) in [6, 6.07) is 22.2. The van der Waals surface area contributed by atoms with Crippen molar-refractivity contribution >= 4 is 35.4 Å². The van der Waals surface area contributed by atoms with Crippen LogP contribution in [0, 0.1) is 5.41 Å². The van der Waals surface area contributed by atoms with Crippen LogP contribution in [0.15, 0.2) is 91.0 Å². The molecule has 15 heteroatoms. The monoisotopic (exact) mass is 808 g/mol. The number of hydrogen-bond donors (Lipinski definition) is 7. The summed E-state index contributed by atoms with van der Waals surface area (Å²) in [6.07, 6.45) is 3.74. The molecule has 1 saturated heterocycles. The van der Waals surface area contributed by atoms with Gasteiger partial charge < -0.3 is 47.7 Å². The zero-order valence-electron chi connectivity index (χ0n) is 33.4. The van der Waals surface area contributed by atoms with Crippen LogP contribution in [0.2, 0.25) is 0 Å². The number of piperidine rings is 1. The number of amides is 6. The fraction of sp³-hybridized carbons (Fsp3) is 0.409. The highest BCUT2D eigenvalue weighted by Crippen LogP contribution is 2.35. The van der Waals surface area contributed by atoms with Crippen LogP contribution in [0.5, 0.6) is 0 Å². The second kappa shape index (κ2) is 22.3. The lowest BCUT2D eigenvalue weighted by atomic mass is 9.74. The minimum absolute atomic E-state index is 0.0183. The topological polar surface area (TPSA) is 227 Å². The second-order valence-corrected chi connectivity index (χ2v) is 14.9. The molecule has 2 bridgehead atoms. The van der Waals surface area contributed by atoms with Crippen LogP contribution in [0.3, 0.4) is 0 Å². The average molecular weight is 809 g/mol. The van der Waals surface area contributed by atoms with Crippen LogP contribution >= 0.6 is 0 Å². The Morgan fingerprint density at radius 2 is 1.56 bits per heavy atom. The fourth-order valence-electron chi connectivity index (χ4n) is 7.39. The van der Waals surface area contributed by atoms with E-state index >= 15 is 0 Å². The molecule has 0 aliphatic carbocycles. The first-order chi connectivity index (χ1) is 28.6. The molecule has 3 aromatic rings. The third-order valence-electron chi connectivity index (χ3n) is 10.6. The Kier molecular flexibility index (Phi) is 16.7. The highest BCUT2D eigenvalue weighted by atomic mass is 16.5. The van der Waals surface area contributed by atoms with Gasteiger partial charge in [-0.15, -0.1) is 0 Å². The molecule has 0 aromatic heterocycles. The van der Waals surface area contributed by atoms with Crippen LogP contribution < -0.4 is 38.1 Å². The third kappa shape index (κ3) is 13.3.